The smallest absolute Gasteiger partial charge is 0.249 e. The van der Waals surface area contributed by atoms with Gasteiger partial charge in [0.2, 0.25) is 23.6 Å². The summed E-state index contributed by atoms with van der Waals surface area (Å²) in [6.07, 6.45) is 10.3. The molecule has 0 radical (unpaired) electrons. The van der Waals surface area contributed by atoms with Crippen LogP contribution in [0.15, 0.2) is 24.3 Å². The van der Waals surface area contributed by atoms with E-state index in [-0.39, 0.29) is 30.6 Å². The molecule has 1 fully saturated rings. The lowest BCUT2D eigenvalue weighted by Crippen LogP contribution is -2.52. The molecule has 1 aromatic carbocycles. The topological polar surface area (TPSA) is 130 Å². The molecule has 8 nitrogen and oxygen atoms in total. The highest BCUT2D eigenvalue weighted by molar-refractivity contribution is 6.01. The van der Waals surface area contributed by atoms with Gasteiger partial charge in [-0.2, -0.15) is 0 Å². The summed E-state index contributed by atoms with van der Waals surface area (Å²) < 4.78 is 0. The van der Waals surface area contributed by atoms with Crippen LogP contribution in [0, 0.1) is 0 Å². The molecule has 2 rings (SSSR count). The number of hydrogen-bond acceptors (Lipinski definition) is 5. The van der Waals surface area contributed by atoms with E-state index in [0.717, 1.165) is 37.8 Å². The van der Waals surface area contributed by atoms with E-state index in [2.05, 4.69) is 16.0 Å². The zero-order chi connectivity index (χ0) is 23.2. The van der Waals surface area contributed by atoms with Crippen LogP contribution in [-0.4, -0.2) is 36.2 Å². The van der Waals surface area contributed by atoms with E-state index in [9.17, 15) is 19.2 Å². The summed E-state index contributed by atoms with van der Waals surface area (Å²) in [4.78, 5) is 47.2. The van der Waals surface area contributed by atoms with Gasteiger partial charge in [-0.25, -0.2) is 0 Å². The van der Waals surface area contributed by atoms with Crippen molar-refractivity contribution in [3.8, 4) is 0 Å². The first-order chi connectivity index (χ1) is 15.5. The summed E-state index contributed by atoms with van der Waals surface area (Å²) in [6, 6.07) is 6.44. The fraction of sp³-hybridized carbons (Fsp3) is 0.583. The highest BCUT2D eigenvalue weighted by atomic mass is 16.2. The van der Waals surface area contributed by atoms with Crippen LogP contribution in [0.5, 0.6) is 0 Å². The molecule has 5 N–H and O–H groups in total. The van der Waals surface area contributed by atoms with Crippen LogP contribution in [-0.2, 0) is 25.6 Å². The zero-order valence-corrected chi connectivity index (χ0v) is 18.8. The maximum Gasteiger partial charge on any atom is 0.249 e. The van der Waals surface area contributed by atoms with Gasteiger partial charge >= 0.3 is 0 Å². The van der Waals surface area contributed by atoms with E-state index >= 15 is 0 Å². The van der Waals surface area contributed by atoms with E-state index in [4.69, 9.17) is 5.73 Å². The summed E-state index contributed by atoms with van der Waals surface area (Å²) in [6.45, 7) is 0.776. The molecule has 176 valence electrons. The molecule has 0 aromatic heterocycles. The minimum absolute atomic E-state index is 0.00343. The molecule has 1 aliphatic rings. The van der Waals surface area contributed by atoms with E-state index in [1.54, 1.807) is 24.3 Å². The van der Waals surface area contributed by atoms with Gasteiger partial charge in [0.15, 0.2) is 0 Å². The largest absolute Gasteiger partial charge is 0.344 e. The Labute approximate surface area is 190 Å². The van der Waals surface area contributed by atoms with Crippen molar-refractivity contribution in [3.63, 3.8) is 0 Å². The Morgan fingerprint density at radius 3 is 2.16 bits per heavy atom. The second-order valence-corrected chi connectivity index (χ2v) is 8.36. The maximum atomic E-state index is 12.2. The minimum Gasteiger partial charge on any atom is -0.344 e. The lowest BCUT2D eigenvalue weighted by molar-refractivity contribution is -0.137. The van der Waals surface area contributed by atoms with Crippen molar-refractivity contribution in [3.05, 3.63) is 29.8 Å². The molecule has 1 aromatic rings. The van der Waals surface area contributed by atoms with Crippen LogP contribution in [0.3, 0.4) is 0 Å². The Hall–Kier alpha value is -2.74. The number of benzene rings is 1. The molecular weight excluding hydrogens is 408 g/mol. The average Bonchev–Trinajstić information content (AvgIpc) is 2.76. The fourth-order valence-corrected chi connectivity index (χ4v) is 3.68. The van der Waals surface area contributed by atoms with Gasteiger partial charge in [0.05, 0.1) is 6.42 Å². The Balaban J connectivity index is 1.60. The third-order valence-corrected chi connectivity index (χ3v) is 5.53. The number of carbonyl (C=O) groups excluding carboxylic acids is 4. The molecular formula is C24H36N4O4. The standard InChI is InChI=1S/C24H36N4O4/c25-16-8-6-4-2-1-3-5-7-9-21(29)26-19-12-10-18(11-13-19)17-23(31)27-20-14-15-22(30)28-24(20)32/h10-13,20H,1-9,14-17,25H2,(H,26,29)(H,27,31)(H,28,30,32). The molecule has 4 amide bonds. The van der Waals surface area contributed by atoms with E-state index in [1.165, 1.54) is 25.7 Å². The van der Waals surface area contributed by atoms with Crippen molar-refractivity contribution in [1.29, 1.82) is 0 Å². The zero-order valence-electron chi connectivity index (χ0n) is 18.8. The average molecular weight is 445 g/mol. The SMILES string of the molecule is NCCCCCCCCCCC(=O)Nc1ccc(CC(=O)NC2CCC(=O)NC2=O)cc1. The third kappa shape index (κ3) is 10.0. The molecule has 0 bridgehead atoms. The highest BCUT2D eigenvalue weighted by Crippen LogP contribution is 2.13. The molecule has 1 atom stereocenters. The Morgan fingerprint density at radius 2 is 1.53 bits per heavy atom. The third-order valence-electron chi connectivity index (χ3n) is 5.53. The lowest BCUT2D eigenvalue weighted by atomic mass is 10.1. The Morgan fingerprint density at radius 1 is 0.906 bits per heavy atom. The lowest BCUT2D eigenvalue weighted by Gasteiger charge is -2.21. The summed E-state index contributed by atoms with van der Waals surface area (Å²) in [5.41, 5.74) is 6.96. The summed E-state index contributed by atoms with van der Waals surface area (Å²) in [5.74, 6) is -1.06. The van der Waals surface area contributed by atoms with E-state index in [1.807, 2.05) is 0 Å². The molecule has 1 unspecified atom stereocenters. The van der Waals surface area contributed by atoms with Gasteiger partial charge in [-0.3, -0.25) is 24.5 Å². The van der Waals surface area contributed by atoms with E-state index in [0.29, 0.717) is 18.5 Å². The number of carbonyl (C=O) groups is 4. The first-order valence-corrected chi connectivity index (χ1v) is 11.7. The highest BCUT2D eigenvalue weighted by Gasteiger charge is 2.27. The van der Waals surface area contributed by atoms with Gasteiger partial charge in [-0.05, 0) is 43.5 Å². The van der Waals surface area contributed by atoms with Crippen molar-refractivity contribution < 1.29 is 19.2 Å². The second-order valence-electron chi connectivity index (χ2n) is 8.36. The van der Waals surface area contributed by atoms with Gasteiger partial charge in [-0.15, -0.1) is 0 Å². The van der Waals surface area contributed by atoms with Crippen LogP contribution in [0.4, 0.5) is 5.69 Å². The quantitative estimate of drug-likeness (QED) is 0.259. The van der Waals surface area contributed by atoms with Crippen molar-refractivity contribution >= 4 is 29.3 Å². The molecule has 1 saturated heterocycles. The second kappa shape index (κ2) is 14.3. The first-order valence-electron chi connectivity index (χ1n) is 11.7. The van der Waals surface area contributed by atoms with Crippen LogP contribution < -0.4 is 21.7 Å². The summed E-state index contributed by atoms with van der Waals surface area (Å²) >= 11 is 0. The minimum atomic E-state index is -0.671. The normalized spacial score (nSPS) is 15.8. The Kier molecular flexibility index (Phi) is 11.4. The van der Waals surface area contributed by atoms with Crippen LogP contribution in [0.2, 0.25) is 0 Å². The number of unbranched alkanes of at least 4 members (excludes halogenated alkanes) is 7. The monoisotopic (exact) mass is 444 g/mol. The van der Waals surface area contributed by atoms with Gasteiger partial charge in [0.25, 0.3) is 0 Å². The van der Waals surface area contributed by atoms with Crippen LogP contribution in [0.25, 0.3) is 0 Å². The number of amides is 4. The van der Waals surface area contributed by atoms with Gasteiger partial charge in [0.1, 0.15) is 6.04 Å². The number of piperidine rings is 1. The van der Waals surface area contributed by atoms with Crippen molar-refractivity contribution in [2.24, 2.45) is 5.73 Å². The predicted octanol–water partition coefficient (Wildman–Crippen LogP) is 2.56. The fourth-order valence-electron chi connectivity index (χ4n) is 3.68. The summed E-state index contributed by atoms with van der Waals surface area (Å²) in [5, 5.41) is 7.77. The summed E-state index contributed by atoms with van der Waals surface area (Å²) in [7, 11) is 0. The van der Waals surface area contributed by atoms with Crippen LogP contribution >= 0.6 is 0 Å². The number of imide groups is 1. The Bertz CT molecular complexity index is 764. The number of anilines is 1. The molecule has 0 saturated carbocycles. The molecule has 1 heterocycles. The molecule has 0 spiro atoms. The van der Waals surface area contributed by atoms with Crippen molar-refractivity contribution in [2.75, 3.05) is 11.9 Å². The molecule has 8 heteroatoms. The number of rotatable bonds is 14. The first kappa shape index (κ1) is 25.5. The van der Waals surface area contributed by atoms with Crippen molar-refractivity contribution in [1.82, 2.24) is 10.6 Å². The molecule has 1 aliphatic heterocycles. The van der Waals surface area contributed by atoms with Crippen LogP contribution in [0.1, 0.15) is 76.2 Å². The number of nitrogens with one attached hydrogen (secondary N) is 3. The molecule has 32 heavy (non-hydrogen) atoms. The maximum absolute atomic E-state index is 12.2. The number of hydrogen-bond donors (Lipinski definition) is 4. The molecule has 0 aliphatic carbocycles. The predicted molar refractivity (Wildman–Crippen MR) is 124 cm³/mol. The van der Waals surface area contributed by atoms with Gasteiger partial charge < -0.3 is 16.4 Å². The van der Waals surface area contributed by atoms with Gasteiger partial charge in [0, 0.05) is 18.5 Å². The number of nitrogens with two attached hydrogens (primary N) is 1. The van der Waals surface area contributed by atoms with Gasteiger partial charge in [-0.1, -0.05) is 50.7 Å². The van der Waals surface area contributed by atoms with Crippen molar-refractivity contribution in [2.45, 2.75) is 83.1 Å². The van der Waals surface area contributed by atoms with E-state index < -0.39 is 11.9 Å².